The summed E-state index contributed by atoms with van der Waals surface area (Å²) >= 11 is 1.40. The Morgan fingerprint density at radius 1 is 1.03 bits per heavy atom. The SMILES string of the molecule is O=C(NC1CC1)c1ccc(-c2nc(C(=O)NCCOc3ccccc3)cs2)cc1. The van der Waals surface area contributed by atoms with Crippen LogP contribution in [0.1, 0.15) is 33.7 Å². The van der Waals surface area contributed by atoms with E-state index in [0.717, 1.165) is 29.2 Å². The van der Waals surface area contributed by atoms with E-state index in [1.807, 2.05) is 42.5 Å². The van der Waals surface area contributed by atoms with Gasteiger partial charge in [0.2, 0.25) is 0 Å². The standard InChI is InChI=1S/C22H21N3O3S/c26-20(24-17-10-11-17)15-6-8-16(9-7-15)22-25-19(14-29-22)21(27)23-12-13-28-18-4-2-1-3-5-18/h1-9,14,17H,10-13H2,(H,23,27)(H,24,26). The summed E-state index contributed by atoms with van der Waals surface area (Å²) in [5.74, 6) is 0.493. The van der Waals surface area contributed by atoms with Gasteiger partial charge >= 0.3 is 0 Å². The Labute approximate surface area is 172 Å². The first kappa shape index (κ1) is 19.1. The summed E-state index contributed by atoms with van der Waals surface area (Å²) in [5, 5.41) is 8.25. The van der Waals surface area contributed by atoms with Crippen LogP contribution in [-0.2, 0) is 0 Å². The maximum absolute atomic E-state index is 12.3. The van der Waals surface area contributed by atoms with Gasteiger partial charge in [0.05, 0.1) is 6.54 Å². The molecule has 29 heavy (non-hydrogen) atoms. The number of carbonyl (C=O) groups is 2. The number of ether oxygens (including phenoxy) is 1. The molecule has 3 aromatic rings. The summed E-state index contributed by atoms with van der Waals surface area (Å²) in [6, 6.07) is 17.1. The molecule has 0 bridgehead atoms. The molecule has 1 fully saturated rings. The van der Waals surface area contributed by atoms with Gasteiger partial charge in [0, 0.05) is 22.5 Å². The number of benzene rings is 2. The highest BCUT2D eigenvalue weighted by Gasteiger charge is 2.23. The van der Waals surface area contributed by atoms with Gasteiger partial charge in [0.1, 0.15) is 23.1 Å². The van der Waals surface area contributed by atoms with E-state index >= 15 is 0 Å². The average molecular weight is 407 g/mol. The molecule has 1 aromatic heterocycles. The highest BCUT2D eigenvalue weighted by Crippen LogP contribution is 2.25. The summed E-state index contributed by atoms with van der Waals surface area (Å²) in [6.07, 6.45) is 2.12. The number of hydrogen-bond acceptors (Lipinski definition) is 5. The van der Waals surface area contributed by atoms with Crippen LogP contribution < -0.4 is 15.4 Å². The number of nitrogens with one attached hydrogen (secondary N) is 2. The Bertz CT molecular complexity index is 982. The van der Waals surface area contributed by atoms with Crippen LogP contribution in [0.2, 0.25) is 0 Å². The molecule has 0 aliphatic heterocycles. The molecular formula is C22H21N3O3S. The second kappa shape index (κ2) is 8.87. The number of hydrogen-bond donors (Lipinski definition) is 2. The Kier molecular flexibility index (Phi) is 5.86. The zero-order valence-electron chi connectivity index (χ0n) is 15.8. The molecular weight excluding hydrogens is 386 g/mol. The van der Waals surface area contributed by atoms with Gasteiger partial charge in [-0.15, -0.1) is 11.3 Å². The van der Waals surface area contributed by atoms with Gasteiger partial charge in [-0.1, -0.05) is 30.3 Å². The predicted molar refractivity (Wildman–Crippen MR) is 112 cm³/mol. The minimum Gasteiger partial charge on any atom is -0.492 e. The van der Waals surface area contributed by atoms with Crippen LogP contribution in [0.5, 0.6) is 5.75 Å². The number of aromatic nitrogens is 1. The molecule has 0 radical (unpaired) electrons. The van der Waals surface area contributed by atoms with Crippen molar-refractivity contribution in [2.45, 2.75) is 18.9 Å². The zero-order valence-corrected chi connectivity index (χ0v) is 16.6. The van der Waals surface area contributed by atoms with Gasteiger partial charge in [0.25, 0.3) is 11.8 Å². The van der Waals surface area contributed by atoms with Gasteiger partial charge < -0.3 is 15.4 Å². The Morgan fingerprint density at radius 2 is 1.79 bits per heavy atom. The number of carbonyl (C=O) groups excluding carboxylic acids is 2. The third-order valence-corrected chi connectivity index (χ3v) is 5.33. The topological polar surface area (TPSA) is 80.3 Å². The van der Waals surface area contributed by atoms with E-state index in [1.165, 1.54) is 11.3 Å². The van der Waals surface area contributed by atoms with Crippen LogP contribution >= 0.6 is 11.3 Å². The molecule has 0 spiro atoms. The van der Waals surface area contributed by atoms with Crippen LogP contribution in [0.25, 0.3) is 10.6 Å². The summed E-state index contributed by atoms with van der Waals surface area (Å²) < 4.78 is 5.56. The lowest BCUT2D eigenvalue weighted by Crippen LogP contribution is -2.28. The molecule has 0 unspecified atom stereocenters. The molecule has 4 rings (SSSR count). The molecule has 2 amide bonds. The third-order valence-electron chi connectivity index (χ3n) is 4.44. The van der Waals surface area contributed by atoms with Crippen molar-refractivity contribution in [2.75, 3.05) is 13.2 Å². The highest BCUT2D eigenvalue weighted by molar-refractivity contribution is 7.13. The van der Waals surface area contributed by atoms with Crippen molar-refractivity contribution in [1.29, 1.82) is 0 Å². The van der Waals surface area contributed by atoms with Gasteiger partial charge in [0.15, 0.2) is 0 Å². The Morgan fingerprint density at radius 3 is 2.52 bits per heavy atom. The van der Waals surface area contributed by atoms with E-state index in [0.29, 0.717) is 30.5 Å². The lowest BCUT2D eigenvalue weighted by molar-refractivity contribution is 0.0938. The molecule has 6 nitrogen and oxygen atoms in total. The Balaban J connectivity index is 1.29. The van der Waals surface area contributed by atoms with Crippen molar-refractivity contribution in [2.24, 2.45) is 0 Å². The van der Waals surface area contributed by atoms with E-state index in [2.05, 4.69) is 15.6 Å². The predicted octanol–water partition coefficient (Wildman–Crippen LogP) is 3.51. The van der Waals surface area contributed by atoms with E-state index < -0.39 is 0 Å². The molecule has 1 aliphatic rings. The lowest BCUT2D eigenvalue weighted by atomic mass is 10.1. The molecule has 2 N–H and O–H groups in total. The van der Waals surface area contributed by atoms with Crippen LogP contribution in [0.4, 0.5) is 0 Å². The molecule has 7 heteroatoms. The second-order valence-electron chi connectivity index (χ2n) is 6.78. The summed E-state index contributed by atoms with van der Waals surface area (Å²) in [5.41, 5.74) is 1.89. The van der Waals surface area contributed by atoms with Crippen LogP contribution in [0, 0.1) is 0 Å². The minimum atomic E-state index is -0.232. The third kappa shape index (κ3) is 5.20. The van der Waals surface area contributed by atoms with Crippen molar-refractivity contribution >= 4 is 23.2 Å². The average Bonchev–Trinajstić information content (AvgIpc) is 3.43. The fraction of sp³-hybridized carbons (Fsp3) is 0.227. The van der Waals surface area contributed by atoms with Crippen LogP contribution in [0.15, 0.2) is 60.0 Å². The maximum Gasteiger partial charge on any atom is 0.270 e. The van der Waals surface area contributed by atoms with E-state index in [1.54, 1.807) is 17.5 Å². The van der Waals surface area contributed by atoms with Crippen LogP contribution in [0.3, 0.4) is 0 Å². The summed E-state index contributed by atoms with van der Waals surface area (Å²) in [4.78, 5) is 28.8. The fourth-order valence-corrected chi connectivity index (χ4v) is 3.52. The zero-order chi connectivity index (χ0) is 20.1. The molecule has 1 saturated carbocycles. The minimum absolute atomic E-state index is 0.0454. The van der Waals surface area contributed by atoms with Crippen molar-refractivity contribution in [3.63, 3.8) is 0 Å². The number of rotatable bonds is 8. The maximum atomic E-state index is 12.3. The van der Waals surface area contributed by atoms with E-state index in [9.17, 15) is 9.59 Å². The number of thiazole rings is 1. The molecule has 0 atom stereocenters. The number of nitrogens with zero attached hydrogens (tertiary/aromatic N) is 1. The van der Waals surface area contributed by atoms with Crippen LogP contribution in [-0.4, -0.2) is 36.0 Å². The fourth-order valence-electron chi connectivity index (χ4n) is 2.71. The molecule has 1 aliphatic carbocycles. The number of para-hydroxylation sites is 1. The normalized spacial score (nSPS) is 13.0. The second-order valence-corrected chi connectivity index (χ2v) is 7.64. The smallest absolute Gasteiger partial charge is 0.270 e. The quantitative estimate of drug-likeness (QED) is 0.560. The van der Waals surface area contributed by atoms with E-state index in [4.69, 9.17) is 4.74 Å². The molecule has 2 aromatic carbocycles. The van der Waals surface area contributed by atoms with E-state index in [-0.39, 0.29) is 11.8 Å². The first-order valence-electron chi connectivity index (χ1n) is 9.52. The molecule has 148 valence electrons. The van der Waals surface area contributed by atoms with Gasteiger partial charge in [-0.05, 0) is 37.1 Å². The molecule has 1 heterocycles. The Hall–Kier alpha value is -3.19. The highest BCUT2D eigenvalue weighted by atomic mass is 32.1. The van der Waals surface area contributed by atoms with Crippen molar-refractivity contribution in [3.05, 3.63) is 71.2 Å². The van der Waals surface area contributed by atoms with Gasteiger partial charge in [-0.2, -0.15) is 0 Å². The van der Waals surface area contributed by atoms with Crippen molar-refractivity contribution in [1.82, 2.24) is 15.6 Å². The van der Waals surface area contributed by atoms with Crippen molar-refractivity contribution < 1.29 is 14.3 Å². The monoisotopic (exact) mass is 407 g/mol. The number of amides is 2. The lowest BCUT2D eigenvalue weighted by Gasteiger charge is -2.06. The van der Waals surface area contributed by atoms with Gasteiger partial charge in [-0.3, -0.25) is 9.59 Å². The summed E-state index contributed by atoms with van der Waals surface area (Å²) in [7, 11) is 0. The first-order chi connectivity index (χ1) is 14.2. The largest absolute Gasteiger partial charge is 0.492 e. The van der Waals surface area contributed by atoms with Crippen molar-refractivity contribution in [3.8, 4) is 16.3 Å². The summed E-state index contributed by atoms with van der Waals surface area (Å²) in [6.45, 7) is 0.780. The first-order valence-corrected chi connectivity index (χ1v) is 10.4. The van der Waals surface area contributed by atoms with Gasteiger partial charge in [-0.25, -0.2) is 4.98 Å². The molecule has 0 saturated heterocycles.